The minimum Gasteiger partial charge on any atom is -0.381 e. The molecule has 0 unspecified atom stereocenters. The second kappa shape index (κ2) is 6.49. The van der Waals surface area contributed by atoms with Crippen LogP contribution in [0.5, 0.6) is 0 Å². The first-order valence-electron chi connectivity index (χ1n) is 7.56. The predicted octanol–water partition coefficient (Wildman–Crippen LogP) is 1.13. The number of nitrogens with zero attached hydrogens (tertiary/aromatic N) is 3. The summed E-state index contributed by atoms with van der Waals surface area (Å²) in [6.07, 6.45) is 5.15. The number of morpholine rings is 1. The Morgan fingerprint density at radius 3 is 3.14 bits per heavy atom. The maximum atomic E-state index is 12.6. The summed E-state index contributed by atoms with van der Waals surface area (Å²) in [7, 11) is 0. The second-order valence-corrected chi connectivity index (χ2v) is 5.60. The molecule has 21 heavy (non-hydrogen) atoms. The Balaban J connectivity index is 1.70. The predicted molar refractivity (Wildman–Crippen MR) is 75.8 cm³/mol. The summed E-state index contributed by atoms with van der Waals surface area (Å²) < 4.78 is 11.4. The molecule has 0 radical (unpaired) electrons. The van der Waals surface area contributed by atoms with Gasteiger partial charge >= 0.3 is 0 Å². The molecule has 6 heteroatoms. The zero-order chi connectivity index (χ0) is 14.7. The smallest absolute Gasteiger partial charge is 0.255 e. The van der Waals surface area contributed by atoms with Gasteiger partial charge in [-0.3, -0.25) is 4.79 Å². The van der Waals surface area contributed by atoms with E-state index < -0.39 is 0 Å². The average Bonchev–Trinajstić information content (AvgIpc) is 2.96. The molecule has 2 aliphatic rings. The molecule has 3 atom stereocenters. The SMILES string of the molecule is CCOC[C@@H]1C[C@@H]2OCCN(C(=O)c3ccnnc3)[C@@H]2C1. The van der Waals surface area contributed by atoms with Gasteiger partial charge in [-0.15, -0.1) is 0 Å². The third-order valence-electron chi connectivity index (χ3n) is 4.28. The van der Waals surface area contributed by atoms with Crippen molar-refractivity contribution in [3.63, 3.8) is 0 Å². The molecule has 1 aliphatic carbocycles. The molecule has 0 bridgehead atoms. The lowest BCUT2D eigenvalue weighted by Crippen LogP contribution is -2.51. The summed E-state index contributed by atoms with van der Waals surface area (Å²) >= 11 is 0. The van der Waals surface area contributed by atoms with Gasteiger partial charge in [-0.2, -0.15) is 10.2 Å². The fourth-order valence-corrected chi connectivity index (χ4v) is 3.31. The highest BCUT2D eigenvalue weighted by Gasteiger charge is 2.43. The summed E-state index contributed by atoms with van der Waals surface area (Å²) in [5.41, 5.74) is 0.596. The van der Waals surface area contributed by atoms with E-state index >= 15 is 0 Å². The molecule has 6 nitrogen and oxygen atoms in total. The van der Waals surface area contributed by atoms with Gasteiger partial charge in [0.15, 0.2) is 0 Å². The lowest BCUT2D eigenvalue weighted by atomic mass is 10.1. The van der Waals surface area contributed by atoms with Gasteiger partial charge in [0.25, 0.3) is 5.91 Å². The molecular weight excluding hydrogens is 270 g/mol. The highest BCUT2D eigenvalue weighted by molar-refractivity contribution is 5.94. The molecule has 0 aromatic carbocycles. The minimum absolute atomic E-state index is 0.0280. The van der Waals surface area contributed by atoms with Crippen LogP contribution in [0, 0.1) is 5.92 Å². The molecule has 0 N–H and O–H groups in total. The third kappa shape index (κ3) is 3.06. The Labute approximate surface area is 124 Å². The Bertz CT molecular complexity index is 482. The normalized spacial score (nSPS) is 28.4. The molecule has 114 valence electrons. The quantitative estimate of drug-likeness (QED) is 0.832. The zero-order valence-electron chi connectivity index (χ0n) is 12.3. The molecule has 1 saturated heterocycles. The van der Waals surface area contributed by atoms with E-state index in [1.54, 1.807) is 12.3 Å². The van der Waals surface area contributed by atoms with Crippen molar-refractivity contribution in [1.82, 2.24) is 15.1 Å². The lowest BCUT2D eigenvalue weighted by molar-refractivity contribution is -0.0450. The van der Waals surface area contributed by atoms with Crippen LogP contribution >= 0.6 is 0 Å². The van der Waals surface area contributed by atoms with Gasteiger partial charge in [0.2, 0.25) is 0 Å². The van der Waals surface area contributed by atoms with Crippen molar-refractivity contribution in [3.05, 3.63) is 24.0 Å². The molecule has 3 rings (SSSR count). The van der Waals surface area contributed by atoms with Crippen molar-refractivity contribution in [2.45, 2.75) is 31.9 Å². The third-order valence-corrected chi connectivity index (χ3v) is 4.28. The van der Waals surface area contributed by atoms with Crippen LogP contribution in [0.15, 0.2) is 18.5 Å². The molecule has 1 aliphatic heterocycles. The van der Waals surface area contributed by atoms with Crippen LogP contribution in [-0.2, 0) is 9.47 Å². The standard InChI is InChI=1S/C15H21N3O3/c1-2-20-10-11-7-13-14(8-11)21-6-5-18(13)15(19)12-3-4-16-17-9-12/h3-4,9,11,13-14H,2,5-8,10H2,1H3/t11-,13+,14-/m0/s1. The first-order chi connectivity index (χ1) is 10.3. The van der Waals surface area contributed by atoms with Crippen LogP contribution < -0.4 is 0 Å². The van der Waals surface area contributed by atoms with Gasteiger partial charge < -0.3 is 14.4 Å². The maximum absolute atomic E-state index is 12.6. The van der Waals surface area contributed by atoms with E-state index in [1.807, 2.05) is 11.8 Å². The molecule has 2 fully saturated rings. The van der Waals surface area contributed by atoms with E-state index in [0.717, 1.165) is 26.1 Å². The van der Waals surface area contributed by atoms with E-state index in [9.17, 15) is 4.79 Å². The highest BCUT2D eigenvalue weighted by Crippen LogP contribution is 2.35. The van der Waals surface area contributed by atoms with Gasteiger partial charge in [-0.05, 0) is 31.7 Å². The van der Waals surface area contributed by atoms with Crippen LogP contribution in [0.4, 0.5) is 0 Å². The van der Waals surface area contributed by atoms with Crippen molar-refractivity contribution in [3.8, 4) is 0 Å². The topological polar surface area (TPSA) is 64.6 Å². The van der Waals surface area contributed by atoms with Gasteiger partial charge in [0.05, 0.1) is 36.7 Å². The van der Waals surface area contributed by atoms with Gasteiger partial charge in [-0.25, -0.2) is 0 Å². The monoisotopic (exact) mass is 291 g/mol. The lowest BCUT2D eigenvalue weighted by Gasteiger charge is -2.37. The van der Waals surface area contributed by atoms with Crippen LogP contribution in [-0.4, -0.2) is 59.5 Å². The number of carbonyl (C=O) groups is 1. The summed E-state index contributed by atoms with van der Waals surface area (Å²) in [6, 6.07) is 1.87. The summed E-state index contributed by atoms with van der Waals surface area (Å²) in [5.74, 6) is 0.504. The number of aromatic nitrogens is 2. The number of amides is 1. The van der Waals surface area contributed by atoms with E-state index in [-0.39, 0.29) is 18.1 Å². The van der Waals surface area contributed by atoms with Crippen LogP contribution in [0.2, 0.25) is 0 Å². The maximum Gasteiger partial charge on any atom is 0.255 e. The molecule has 1 aromatic rings. The van der Waals surface area contributed by atoms with Crippen molar-refractivity contribution >= 4 is 5.91 Å². The number of carbonyl (C=O) groups excluding carboxylic acids is 1. The number of hydrogen-bond donors (Lipinski definition) is 0. The fraction of sp³-hybridized carbons (Fsp3) is 0.667. The van der Waals surface area contributed by atoms with Crippen molar-refractivity contribution in [2.75, 3.05) is 26.4 Å². The van der Waals surface area contributed by atoms with E-state index in [0.29, 0.717) is 24.6 Å². The van der Waals surface area contributed by atoms with Gasteiger partial charge in [-0.1, -0.05) is 0 Å². The Hall–Kier alpha value is -1.53. The molecule has 0 spiro atoms. The van der Waals surface area contributed by atoms with Crippen molar-refractivity contribution in [2.24, 2.45) is 5.92 Å². The summed E-state index contributed by atoms with van der Waals surface area (Å²) in [4.78, 5) is 14.6. The van der Waals surface area contributed by atoms with Crippen LogP contribution in [0.25, 0.3) is 0 Å². The Kier molecular flexibility index (Phi) is 4.45. The zero-order valence-corrected chi connectivity index (χ0v) is 12.3. The van der Waals surface area contributed by atoms with Crippen LogP contribution in [0.3, 0.4) is 0 Å². The minimum atomic E-state index is 0.0280. The fourth-order valence-electron chi connectivity index (χ4n) is 3.31. The highest BCUT2D eigenvalue weighted by atomic mass is 16.5. The number of fused-ring (bicyclic) bond motifs is 1. The van der Waals surface area contributed by atoms with E-state index in [1.165, 1.54) is 6.20 Å². The summed E-state index contributed by atoms with van der Waals surface area (Å²) in [5, 5.41) is 7.52. The molecule has 2 heterocycles. The van der Waals surface area contributed by atoms with Crippen molar-refractivity contribution in [1.29, 1.82) is 0 Å². The Morgan fingerprint density at radius 1 is 1.48 bits per heavy atom. The first-order valence-corrected chi connectivity index (χ1v) is 7.56. The molecule has 1 amide bonds. The molecule has 1 aromatic heterocycles. The van der Waals surface area contributed by atoms with Gasteiger partial charge in [0.1, 0.15) is 0 Å². The van der Waals surface area contributed by atoms with E-state index in [4.69, 9.17) is 9.47 Å². The number of rotatable bonds is 4. The largest absolute Gasteiger partial charge is 0.381 e. The summed E-state index contributed by atoms with van der Waals surface area (Å²) in [6.45, 7) is 4.74. The molecule has 1 saturated carbocycles. The van der Waals surface area contributed by atoms with Gasteiger partial charge in [0, 0.05) is 19.8 Å². The molecular formula is C15H21N3O3. The van der Waals surface area contributed by atoms with E-state index in [2.05, 4.69) is 10.2 Å². The average molecular weight is 291 g/mol. The first kappa shape index (κ1) is 14.4. The number of ether oxygens (including phenoxy) is 2. The Morgan fingerprint density at radius 2 is 2.38 bits per heavy atom. The second-order valence-electron chi connectivity index (χ2n) is 5.60. The number of hydrogen-bond acceptors (Lipinski definition) is 5. The van der Waals surface area contributed by atoms with Crippen LogP contribution in [0.1, 0.15) is 30.1 Å². The van der Waals surface area contributed by atoms with Crippen molar-refractivity contribution < 1.29 is 14.3 Å².